The lowest BCUT2D eigenvalue weighted by Crippen LogP contribution is -2.33. The minimum absolute atomic E-state index is 0.0887. The summed E-state index contributed by atoms with van der Waals surface area (Å²) in [6, 6.07) is 0. The van der Waals surface area contributed by atoms with Crippen molar-refractivity contribution in [1.29, 1.82) is 0 Å². The molecule has 25 heavy (non-hydrogen) atoms. The van der Waals surface area contributed by atoms with Crippen LogP contribution in [0, 0.1) is 0 Å². The van der Waals surface area contributed by atoms with Gasteiger partial charge in [-0.15, -0.1) is 0 Å². The second-order valence-electron chi connectivity index (χ2n) is 8.65. The fraction of sp³-hybridized carbons (Fsp3) is 1.00. The second-order valence-corrected chi connectivity index (χ2v) is 8.65. The summed E-state index contributed by atoms with van der Waals surface area (Å²) < 4.78 is 5.65. The molecule has 0 radical (unpaired) electrons. The van der Waals surface area contributed by atoms with E-state index in [1.54, 1.807) is 0 Å². The van der Waals surface area contributed by atoms with Crippen LogP contribution in [0.5, 0.6) is 0 Å². The molecule has 0 aliphatic rings. The number of hydrogen-bond acceptors (Lipinski definition) is 2. The van der Waals surface area contributed by atoms with E-state index in [0.29, 0.717) is 0 Å². The fourth-order valence-electron chi connectivity index (χ4n) is 3.19. The highest BCUT2D eigenvalue weighted by atomic mass is 16.5. The Hall–Kier alpha value is -0.0800. The molecule has 0 saturated carbocycles. The Morgan fingerprint density at radius 2 is 0.920 bits per heavy atom. The molecule has 0 unspecified atom stereocenters. The lowest BCUT2D eigenvalue weighted by Gasteiger charge is -2.17. The first kappa shape index (κ1) is 24.9. The summed E-state index contributed by atoms with van der Waals surface area (Å²) in [5.74, 6) is 0. The smallest absolute Gasteiger partial charge is 0.0483 e. The molecular formula is C23H49NO. The van der Waals surface area contributed by atoms with E-state index < -0.39 is 0 Å². The molecule has 0 aromatic carbocycles. The Bertz CT molecular complexity index is 247. The van der Waals surface area contributed by atoms with Gasteiger partial charge in [0.25, 0.3) is 0 Å². The number of ether oxygens (including phenoxy) is 1. The molecule has 2 nitrogen and oxygen atoms in total. The third-order valence-corrected chi connectivity index (χ3v) is 5.03. The lowest BCUT2D eigenvalue weighted by molar-refractivity contribution is 0.115. The number of unbranched alkanes of at least 4 members (excludes halogenated alkanes) is 15. The Morgan fingerprint density at radius 1 is 0.560 bits per heavy atom. The van der Waals surface area contributed by atoms with Gasteiger partial charge in [-0.2, -0.15) is 0 Å². The van der Waals surface area contributed by atoms with Crippen molar-refractivity contribution < 1.29 is 4.74 Å². The zero-order valence-electron chi connectivity index (χ0n) is 17.9. The van der Waals surface area contributed by atoms with Crippen molar-refractivity contribution in [2.75, 3.05) is 13.2 Å². The Kier molecular flexibility index (Phi) is 18.6. The van der Waals surface area contributed by atoms with Crippen molar-refractivity contribution >= 4 is 0 Å². The van der Waals surface area contributed by atoms with E-state index in [1.165, 1.54) is 103 Å². The molecule has 0 aliphatic carbocycles. The van der Waals surface area contributed by atoms with Gasteiger partial charge in [-0.25, -0.2) is 0 Å². The zero-order chi connectivity index (χ0) is 18.6. The predicted molar refractivity (Wildman–Crippen MR) is 113 cm³/mol. The van der Waals surface area contributed by atoms with E-state index >= 15 is 0 Å². The molecule has 0 aromatic heterocycles. The molecule has 0 fully saturated rings. The summed E-state index contributed by atoms with van der Waals surface area (Å²) in [7, 11) is 0. The number of rotatable bonds is 20. The molecule has 0 heterocycles. The molecule has 2 N–H and O–H groups in total. The van der Waals surface area contributed by atoms with Crippen LogP contribution in [0.4, 0.5) is 0 Å². The maximum Gasteiger partial charge on any atom is 0.0483 e. The molecule has 0 rings (SSSR count). The van der Waals surface area contributed by atoms with E-state index in [4.69, 9.17) is 10.5 Å². The van der Waals surface area contributed by atoms with Crippen LogP contribution < -0.4 is 5.73 Å². The van der Waals surface area contributed by atoms with E-state index in [0.717, 1.165) is 19.6 Å². The van der Waals surface area contributed by atoms with Gasteiger partial charge in [-0.1, -0.05) is 103 Å². The van der Waals surface area contributed by atoms with Crippen molar-refractivity contribution in [2.45, 2.75) is 135 Å². The van der Waals surface area contributed by atoms with Crippen LogP contribution >= 0.6 is 0 Å². The molecular weight excluding hydrogens is 306 g/mol. The summed E-state index contributed by atoms with van der Waals surface area (Å²) in [4.78, 5) is 0. The van der Waals surface area contributed by atoms with Gasteiger partial charge in [0, 0.05) is 18.8 Å². The molecule has 152 valence electrons. The molecule has 0 atom stereocenters. The van der Waals surface area contributed by atoms with Crippen molar-refractivity contribution in [3.05, 3.63) is 0 Å². The van der Waals surface area contributed by atoms with Crippen molar-refractivity contribution in [3.8, 4) is 0 Å². The predicted octanol–water partition coefficient (Wildman–Crippen LogP) is 7.39. The molecule has 2 heteroatoms. The molecule has 0 spiro atoms. The van der Waals surface area contributed by atoms with Crippen molar-refractivity contribution in [3.63, 3.8) is 0 Å². The van der Waals surface area contributed by atoms with E-state index in [-0.39, 0.29) is 5.54 Å². The van der Waals surface area contributed by atoms with Crippen LogP contribution in [-0.4, -0.2) is 18.8 Å². The largest absolute Gasteiger partial charge is 0.381 e. The van der Waals surface area contributed by atoms with Gasteiger partial charge in [-0.05, 0) is 26.7 Å². The third kappa shape index (κ3) is 23.9. The normalized spacial score (nSPS) is 12.0. The molecule has 0 saturated heterocycles. The SMILES string of the molecule is CCCCCCCCCCCCCCCCCCOCCC(C)(C)N. The highest BCUT2D eigenvalue weighted by Crippen LogP contribution is 2.13. The average Bonchev–Trinajstić information content (AvgIpc) is 2.56. The first-order chi connectivity index (χ1) is 12.1. The van der Waals surface area contributed by atoms with Crippen LogP contribution in [0.2, 0.25) is 0 Å². The standard InChI is InChI=1S/C23H49NO/c1-4-5-6-7-8-9-10-11-12-13-14-15-16-17-18-19-21-25-22-20-23(2,3)24/h4-22,24H2,1-3H3. The van der Waals surface area contributed by atoms with Gasteiger partial charge in [0.15, 0.2) is 0 Å². The summed E-state index contributed by atoms with van der Waals surface area (Å²) in [5, 5.41) is 0. The number of nitrogens with two attached hydrogens (primary N) is 1. The van der Waals surface area contributed by atoms with Gasteiger partial charge >= 0.3 is 0 Å². The van der Waals surface area contributed by atoms with Gasteiger partial charge in [-0.3, -0.25) is 0 Å². The highest BCUT2D eigenvalue weighted by Gasteiger charge is 2.09. The van der Waals surface area contributed by atoms with E-state index in [2.05, 4.69) is 20.8 Å². The van der Waals surface area contributed by atoms with Gasteiger partial charge in [0.1, 0.15) is 0 Å². The van der Waals surface area contributed by atoms with Gasteiger partial charge in [0.2, 0.25) is 0 Å². The molecule has 0 aliphatic heterocycles. The highest BCUT2D eigenvalue weighted by molar-refractivity contribution is 4.70. The minimum atomic E-state index is -0.0887. The van der Waals surface area contributed by atoms with Crippen molar-refractivity contribution in [2.24, 2.45) is 5.73 Å². The van der Waals surface area contributed by atoms with E-state index in [9.17, 15) is 0 Å². The first-order valence-corrected chi connectivity index (χ1v) is 11.4. The van der Waals surface area contributed by atoms with Crippen LogP contribution in [0.25, 0.3) is 0 Å². The van der Waals surface area contributed by atoms with Crippen LogP contribution in [0.3, 0.4) is 0 Å². The molecule has 0 amide bonds. The quantitative estimate of drug-likeness (QED) is 0.231. The summed E-state index contributed by atoms with van der Waals surface area (Å²) in [6.07, 6.45) is 23.6. The molecule has 0 bridgehead atoms. The average molecular weight is 356 g/mol. The van der Waals surface area contributed by atoms with Crippen LogP contribution in [0.15, 0.2) is 0 Å². The zero-order valence-corrected chi connectivity index (χ0v) is 17.9. The topological polar surface area (TPSA) is 35.2 Å². The summed E-state index contributed by atoms with van der Waals surface area (Å²) >= 11 is 0. The fourth-order valence-corrected chi connectivity index (χ4v) is 3.19. The second kappa shape index (κ2) is 18.7. The maximum atomic E-state index is 5.93. The van der Waals surface area contributed by atoms with Crippen molar-refractivity contribution in [1.82, 2.24) is 0 Å². The van der Waals surface area contributed by atoms with Crippen LogP contribution in [-0.2, 0) is 4.74 Å². The Balaban J connectivity index is 3.01. The summed E-state index contributed by atoms with van der Waals surface area (Å²) in [5.41, 5.74) is 5.84. The monoisotopic (exact) mass is 355 g/mol. The maximum absolute atomic E-state index is 5.93. The molecule has 0 aromatic rings. The third-order valence-electron chi connectivity index (χ3n) is 5.03. The van der Waals surface area contributed by atoms with Crippen LogP contribution in [0.1, 0.15) is 130 Å². The lowest BCUT2D eigenvalue weighted by atomic mass is 10.0. The minimum Gasteiger partial charge on any atom is -0.381 e. The number of hydrogen-bond donors (Lipinski definition) is 1. The van der Waals surface area contributed by atoms with Gasteiger partial charge < -0.3 is 10.5 Å². The Morgan fingerprint density at radius 3 is 1.28 bits per heavy atom. The first-order valence-electron chi connectivity index (χ1n) is 11.4. The Labute approximate surface area is 159 Å². The summed E-state index contributed by atoms with van der Waals surface area (Å²) in [6.45, 7) is 8.13. The van der Waals surface area contributed by atoms with E-state index in [1.807, 2.05) is 0 Å². The van der Waals surface area contributed by atoms with Gasteiger partial charge in [0.05, 0.1) is 0 Å².